The van der Waals surface area contributed by atoms with Gasteiger partial charge in [0.05, 0.1) is 6.33 Å². The summed E-state index contributed by atoms with van der Waals surface area (Å²) in [5.41, 5.74) is -1.89. The number of aromatic amines is 1. The molecule has 0 atom stereocenters. The van der Waals surface area contributed by atoms with Crippen LogP contribution in [0.4, 0.5) is 13.2 Å². The molecule has 3 nitrogen and oxygen atoms in total. The Hall–Kier alpha value is -0.980. The van der Waals surface area contributed by atoms with Gasteiger partial charge in [-0.25, -0.2) is 4.98 Å². The van der Waals surface area contributed by atoms with Gasteiger partial charge in [-0.2, -0.15) is 13.2 Å². The third-order valence-electron chi connectivity index (χ3n) is 1.49. The molecule has 1 heterocycles. The van der Waals surface area contributed by atoms with Crippen molar-refractivity contribution in [1.29, 1.82) is 0 Å². The summed E-state index contributed by atoms with van der Waals surface area (Å²) in [6.45, 7) is 5.18. The van der Waals surface area contributed by atoms with E-state index in [0.717, 1.165) is 18.1 Å². The van der Waals surface area contributed by atoms with Crippen molar-refractivity contribution in [3.05, 3.63) is 22.4 Å². The molecule has 1 N–H and O–H groups in total. The van der Waals surface area contributed by atoms with Gasteiger partial charge in [-0.15, -0.1) is 11.8 Å². The van der Waals surface area contributed by atoms with Gasteiger partial charge in [0.2, 0.25) is 0 Å². The summed E-state index contributed by atoms with van der Waals surface area (Å²) in [5.74, 6) is 0. The first-order valence-electron chi connectivity index (χ1n) is 4.45. The lowest BCUT2D eigenvalue weighted by Crippen LogP contribution is -2.22. The molecule has 0 radical (unpaired) electrons. The Labute approximate surface area is 94.5 Å². The molecule has 7 heteroatoms. The minimum absolute atomic E-state index is 0.387. The largest absolute Gasteiger partial charge is 0.434 e. The second-order valence-corrected chi connectivity index (χ2v) is 5.96. The smallest absolute Gasteiger partial charge is 0.312 e. The molecule has 16 heavy (non-hydrogen) atoms. The molecule has 0 saturated heterocycles. The van der Waals surface area contributed by atoms with Crippen LogP contribution >= 0.6 is 11.8 Å². The van der Waals surface area contributed by atoms with E-state index >= 15 is 0 Å². The Morgan fingerprint density at radius 2 is 1.88 bits per heavy atom. The molecule has 90 valence electrons. The molecular weight excluding hydrogens is 241 g/mol. The van der Waals surface area contributed by atoms with Crippen molar-refractivity contribution in [1.82, 2.24) is 9.97 Å². The van der Waals surface area contributed by atoms with Crippen molar-refractivity contribution in [3.8, 4) is 0 Å². The Morgan fingerprint density at radius 1 is 1.31 bits per heavy atom. The summed E-state index contributed by atoms with van der Waals surface area (Å²) < 4.78 is 37.2. The van der Waals surface area contributed by atoms with E-state index in [2.05, 4.69) is 9.97 Å². The highest BCUT2D eigenvalue weighted by molar-refractivity contribution is 8.00. The molecule has 0 aliphatic carbocycles. The molecule has 0 fully saturated rings. The van der Waals surface area contributed by atoms with Crippen LogP contribution in [0.2, 0.25) is 0 Å². The molecule has 0 bridgehead atoms. The standard InChI is InChI=1S/C9H11F3N2OS/c1-8(2,3)16-5-6(9(10,11)12)13-4-14-7(5)15/h4H,1-3H3,(H,13,14,15). The van der Waals surface area contributed by atoms with Crippen LogP contribution in [0.15, 0.2) is 16.0 Å². The summed E-state index contributed by atoms with van der Waals surface area (Å²) in [6.07, 6.45) is -3.85. The highest BCUT2D eigenvalue weighted by atomic mass is 32.2. The predicted molar refractivity (Wildman–Crippen MR) is 55.5 cm³/mol. The fraction of sp³-hybridized carbons (Fsp3) is 0.556. The summed E-state index contributed by atoms with van der Waals surface area (Å²) in [7, 11) is 0. The maximum atomic E-state index is 12.6. The van der Waals surface area contributed by atoms with Gasteiger partial charge in [-0.1, -0.05) is 20.8 Å². The third kappa shape index (κ3) is 3.26. The normalized spacial score (nSPS) is 12.9. The number of nitrogens with zero attached hydrogens (tertiary/aromatic N) is 1. The summed E-state index contributed by atoms with van der Waals surface area (Å²) >= 11 is 0.855. The molecule has 0 aliphatic heterocycles. The van der Waals surface area contributed by atoms with Gasteiger partial charge in [-0.3, -0.25) is 4.79 Å². The molecule has 1 aromatic rings. The minimum Gasteiger partial charge on any atom is -0.312 e. The number of rotatable bonds is 1. The van der Waals surface area contributed by atoms with E-state index < -0.39 is 22.2 Å². The summed E-state index contributed by atoms with van der Waals surface area (Å²) in [4.78, 5) is 16.3. The maximum Gasteiger partial charge on any atom is 0.434 e. The molecular formula is C9H11F3N2OS. The van der Waals surface area contributed by atoms with Crippen molar-refractivity contribution in [2.75, 3.05) is 0 Å². The fourth-order valence-electron chi connectivity index (χ4n) is 0.990. The number of nitrogens with one attached hydrogen (secondary N) is 1. The zero-order valence-corrected chi connectivity index (χ0v) is 9.79. The van der Waals surface area contributed by atoms with Gasteiger partial charge < -0.3 is 4.98 Å². The molecule has 0 spiro atoms. The summed E-state index contributed by atoms with van der Waals surface area (Å²) in [5, 5.41) is 0. The molecule has 0 aromatic carbocycles. The Kier molecular flexibility index (Phi) is 3.37. The molecule has 0 aliphatic rings. The Balaban J connectivity index is 3.31. The van der Waals surface area contributed by atoms with Gasteiger partial charge in [-0.05, 0) is 0 Å². The molecule has 1 rings (SSSR count). The zero-order valence-electron chi connectivity index (χ0n) is 8.97. The van der Waals surface area contributed by atoms with Gasteiger partial charge >= 0.3 is 6.18 Å². The number of hydrogen-bond acceptors (Lipinski definition) is 3. The number of hydrogen-bond donors (Lipinski definition) is 1. The number of H-pyrrole nitrogens is 1. The molecule has 1 aromatic heterocycles. The fourth-order valence-corrected chi connectivity index (χ4v) is 2.02. The van der Waals surface area contributed by atoms with Gasteiger partial charge in [0.1, 0.15) is 4.90 Å². The van der Waals surface area contributed by atoms with Gasteiger partial charge in [0.25, 0.3) is 5.56 Å². The van der Waals surface area contributed by atoms with Crippen molar-refractivity contribution < 1.29 is 13.2 Å². The zero-order chi connectivity index (χ0) is 12.6. The van der Waals surface area contributed by atoms with Crippen LogP contribution in [0.5, 0.6) is 0 Å². The first-order valence-corrected chi connectivity index (χ1v) is 5.27. The first-order chi connectivity index (χ1) is 7.11. The van der Waals surface area contributed by atoms with Crippen LogP contribution in [0.1, 0.15) is 26.5 Å². The second-order valence-electron chi connectivity index (χ2n) is 4.12. The predicted octanol–water partition coefficient (Wildman–Crippen LogP) is 2.68. The highest BCUT2D eigenvalue weighted by Crippen LogP contribution is 2.37. The minimum atomic E-state index is -4.61. The number of thioether (sulfide) groups is 1. The van der Waals surface area contributed by atoms with Crippen molar-refractivity contribution in [3.63, 3.8) is 0 Å². The molecule has 0 saturated carbocycles. The molecule has 0 unspecified atom stereocenters. The van der Waals surface area contributed by atoms with Gasteiger partial charge in [0, 0.05) is 4.75 Å². The van der Waals surface area contributed by atoms with Crippen molar-refractivity contribution in [2.45, 2.75) is 36.6 Å². The van der Waals surface area contributed by atoms with Crippen LogP contribution in [0, 0.1) is 0 Å². The highest BCUT2D eigenvalue weighted by Gasteiger charge is 2.37. The van der Waals surface area contributed by atoms with E-state index in [9.17, 15) is 18.0 Å². The van der Waals surface area contributed by atoms with E-state index in [0.29, 0.717) is 0 Å². The van der Waals surface area contributed by atoms with Crippen LogP contribution in [-0.2, 0) is 6.18 Å². The SMILES string of the molecule is CC(C)(C)Sc1c(C(F)(F)F)nc[nH]c1=O. The van der Waals surface area contributed by atoms with Crippen molar-refractivity contribution in [2.24, 2.45) is 0 Å². The van der Waals surface area contributed by atoms with E-state index in [-0.39, 0.29) is 4.90 Å². The number of halogens is 3. The van der Waals surface area contributed by atoms with Crippen LogP contribution in [0.3, 0.4) is 0 Å². The second kappa shape index (κ2) is 4.12. The van der Waals surface area contributed by atoms with Crippen molar-refractivity contribution >= 4 is 11.8 Å². The topological polar surface area (TPSA) is 45.8 Å². The van der Waals surface area contributed by atoms with Gasteiger partial charge in [0.15, 0.2) is 5.69 Å². The van der Waals surface area contributed by atoms with Crippen LogP contribution in [-0.4, -0.2) is 14.7 Å². The third-order valence-corrected chi connectivity index (χ3v) is 2.68. The quantitative estimate of drug-likeness (QED) is 0.781. The van der Waals surface area contributed by atoms with Crippen LogP contribution < -0.4 is 5.56 Å². The molecule has 0 amide bonds. The lowest BCUT2D eigenvalue weighted by Gasteiger charge is -2.19. The van der Waals surface area contributed by atoms with E-state index in [1.165, 1.54) is 0 Å². The van der Waals surface area contributed by atoms with Crippen LogP contribution in [0.25, 0.3) is 0 Å². The Bertz CT molecular complexity index is 434. The lowest BCUT2D eigenvalue weighted by atomic mass is 10.3. The number of aromatic nitrogens is 2. The average Bonchev–Trinajstić information content (AvgIpc) is 2.04. The Morgan fingerprint density at radius 3 is 2.31 bits per heavy atom. The van der Waals surface area contributed by atoms with E-state index in [1.54, 1.807) is 20.8 Å². The maximum absolute atomic E-state index is 12.6. The summed E-state index contributed by atoms with van der Waals surface area (Å²) in [6, 6.07) is 0. The lowest BCUT2D eigenvalue weighted by molar-refractivity contribution is -0.143. The van der Waals surface area contributed by atoms with E-state index in [4.69, 9.17) is 0 Å². The monoisotopic (exact) mass is 252 g/mol. The van der Waals surface area contributed by atoms with E-state index in [1.807, 2.05) is 0 Å². The first kappa shape index (κ1) is 13.1. The average molecular weight is 252 g/mol. The number of alkyl halides is 3.